The minimum Gasteiger partial charge on any atom is -0.305 e. The summed E-state index contributed by atoms with van der Waals surface area (Å²) in [7, 11) is -1.91. The minimum absolute atomic E-state index is 0.0415. The summed E-state index contributed by atoms with van der Waals surface area (Å²) >= 11 is 1.80. The van der Waals surface area contributed by atoms with Gasteiger partial charge in [0.1, 0.15) is 0 Å². The van der Waals surface area contributed by atoms with Crippen molar-refractivity contribution in [2.45, 2.75) is 29.2 Å². The molecule has 1 saturated heterocycles. The Hall–Kier alpha value is -1.38. The number of hydroxylamine groups is 1. The maximum atomic E-state index is 13.0. The highest BCUT2D eigenvalue weighted by atomic mass is 32.2. The summed E-state index contributed by atoms with van der Waals surface area (Å²) in [6.45, 7) is 2.88. The number of hydrogen-bond donors (Lipinski definition) is 1. The molecule has 27 heavy (non-hydrogen) atoms. The van der Waals surface area contributed by atoms with Crippen LogP contribution in [0.15, 0.2) is 64.4 Å². The summed E-state index contributed by atoms with van der Waals surface area (Å²) in [6, 6.07) is 17.3. The average molecular weight is 407 g/mol. The van der Waals surface area contributed by atoms with Crippen molar-refractivity contribution in [3.05, 3.63) is 60.2 Å². The Morgan fingerprint density at radius 2 is 1.85 bits per heavy atom. The summed E-state index contributed by atoms with van der Waals surface area (Å²) < 4.78 is 27.5. The molecular weight excluding hydrogens is 380 g/mol. The number of hydrogen-bond acceptors (Lipinski definition) is 5. The van der Waals surface area contributed by atoms with Crippen LogP contribution in [0.4, 0.5) is 0 Å². The van der Waals surface area contributed by atoms with Crippen LogP contribution in [0.25, 0.3) is 0 Å². The van der Waals surface area contributed by atoms with Gasteiger partial charge in [0, 0.05) is 29.8 Å². The first kappa shape index (κ1) is 20.4. The molecule has 3 rings (SSSR count). The highest BCUT2D eigenvalue weighted by Gasteiger charge is 2.35. The molecule has 2 aromatic rings. The van der Waals surface area contributed by atoms with Crippen LogP contribution in [0.2, 0.25) is 0 Å². The molecule has 0 bridgehead atoms. The standard InChI is InChI=1S/C20H26N2O3S2/c1-16-8-10-19(11-9-16)27(23,24)22-13-12-17(20(14-22)21-25-2)15-26-18-6-4-3-5-7-18/h3-11,17,20-21H,12-15H2,1-2H3/t17-,20+/m0/s1. The van der Waals surface area contributed by atoms with E-state index in [-0.39, 0.29) is 6.04 Å². The van der Waals surface area contributed by atoms with E-state index in [2.05, 4.69) is 17.6 Å². The molecule has 1 N–H and O–H groups in total. The number of sulfonamides is 1. The maximum Gasteiger partial charge on any atom is 0.243 e. The molecule has 1 fully saturated rings. The molecule has 0 aliphatic carbocycles. The third-order valence-electron chi connectivity index (χ3n) is 4.85. The molecule has 1 aliphatic heterocycles. The van der Waals surface area contributed by atoms with E-state index in [1.807, 2.05) is 37.3 Å². The Morgan fingerprint density at radius 3 is 2.52 bits per heavy atom. The predicted molar refractivity (Wildman–Crippen MR) is 109 cm³/mol. The van der Waals surface area contributed by atoms with E-state index in [4.69, 9.17) is 4.84 Å². The van der Waals surface area contributed by atoms with E-state index in [0.717, 1.165) is 17.7 Å². The normalized spacial score (nSPS) is 21.3. The van der Waals surface area contributed by atoms with E-state index in [1.54, 1.807) is 35.3 Å². The van der Waals surface area contributed by atoms with Crippen molar-refractivity contribution in [3.63, 3.8) is 0 Å². The number of benzene rings is 2. The summed E-state index contributed by atoms with van der Waals surface area (Å²) in [6.07, 6.45) is 0.798. The molecule has 0 amide bonds. The number of piperidine rings is 1. The Kier molecular flexibility index (Phi) is 6.94. The third-order valence-corrected chi connectivity index (χ3v) is 7.93. The first-order chi connectivity index (χ1) is 13.0. The van der Waals surface area contributed by atoms with Crippen molar-refractivity contribution in [1.82, 2.24) is 9.79 Å². The van der Waals surface area contributed by atoms with Crippen molar-refractivity contribution in [1.29, 1.82) is 0 Å². The van der Waals surface area contributed by atoms with E-state index in [0.29, 0.717) is 23.9 Å². The molecular formula is C20H26N2O3S2. The van der Waals surface area contributed by atoms with Crippen LogP contribution in [0.3, 0.4) is 0 Å². The monoisotopic (exact) mass is 406 g/mol. The van der Waals surface area contributed by atoms with Crippen LogP contribution in [0.1, 0.15) is 12.0 Å². The van der Waals surface area contributed by atoms with Gasteiger partial charge in [-0.25, -0.2) is 8.42 Å². The van der Waals surface area contributed by atoms with Gasteiger partial charge in [0.05, 0.1) is 12.0 Å². The molecule has 7 heteroatoms. The first-order valence-electron chi connectivity index (χ1n) is 9.04. The van der Waals surface area contributed by atoms with Gasteiger partial charge in [0.2, 0.25) is 10.0 Å². The molecule has 0 aromatic heterocycles. The molecule has 2 atom stereocenters. The zero-order valence-corrected chi connectivity index (χ0v) is 17.3. The summed E-state index contributed by atoms with van der Waals surface area (Å²) in [5, 5.41) is 0. The fraction of sp³-hybridized carbons (Fsp3) is 0.400. The van der Waals surface area contributed by atoms with Crippen LogP contribution in [-0.2, 0) is 14.9 Å². The number of aryl methyl sites for hydroxylation is 1. The van der Waals surface area contributed by atoms with Gasteiger partial charge in [-0.05, 0) is 43.5 Å². The van der Waals surface area contributed by atoms with Crippen molar-refractivity contribution in [3.8, 4) is 0 Å². The average Bonchev–Trinajstić information content (AvgIpc) is 2.68. The number of rotatable bonds is 7. The highest BCUT2D eigenvalue weighted by molar-refractivity contribution is 7.99. The SMILES string of the molecule is CON[C@@H]1CN(S(=O)(=O)c2ccc(C)cc2)CC[C@H]1CSc1ccccc1. The predicted octanol–water partition coefficient (Wildman–Crippen LogP) is 3.32. The second-order valence-corrected chi connectivity index (χ2v) is 9.81. The maximum absolute atomic E-state index is 13.0. The van der Waals surface area contributed by atoms with Gasteiger partial charge in [0.25, 0.3) is 0 Å². The Morgan fingerprint density at radius 1 is 1.15 bits per heavy atom. The number of nitrogens with zero attached hydrogens (tertiary/aromatic N) is 1. The lowest BCUT2D eigenvalue weighted by Crippen LogP contribution is -2.52. The number of nitrogens with one attached hydrogen (secondary N) is 1. The lowest BCUT2D eigenvalue weighted by Gasteiger charge is -2.37. The second-order valence-electron chi connectivity index (χ2n) is 6.78. The lowest BCUT2D eigenvalue weighted by atomic mass is 9.95. The largest absolute Gasteiger partial charge is 0.305 e. The number of thioether (sulfide) groups is 1. The topological polar surface area (TPSA) is 58.6 Å². The molecule has 0 unspecified atom stereocenters. The molecule has 0 spiro atoms. The van der Waals surface area contributed by atoms with Crippen LogP contribution in [-0.4, -0.2) is 44.7 Å². The van der Waals surface area contributed by atoms with Crippen molar-refractivity contribution >= 4 is 21.8 Å². The van der Waals surface area contributed by atoms with Gasteiger partial charge in [-0.3, -0.25) is 0 Å². The van der Waals surface area contributed by atoms with E-state index >= 15 is 0 Å². The Balaban J connectivity index is 1.68. The molecule has 0 saturated carbocycles. The van der Waals surface area contributed by atoms with Gasteiger partial charge < -0.3 is 4.84 Å². The van der Waals surface area contributed by atoms with Gasteiger partial charge in [-0.15, -0.1) is 11.8 Å². The van der Waals surface area contributed by atoms with Crippen molar-refractivity contribution in [2.24, 2.45) is 5.92 Å². The van der Waals surface area contributed by atoms with E-state index in [1.165, 1.54) is 4.90 Å². The molecule has 0 radical (unpaired) electrons. The van der Waals surface area contributed by atoms with Gasteiger partial charge >= 0.3 is 0 Å². The molecule has 146 valence electrons. The smallest absolute Gasteiger partial charge is 0.243 e. The van der Waals surface area contributed by atoms with Crippen molar-refractivity contribution in [2.75, 3.05) is 26.0 Å². The Labute approximate surface area is 166 Å². The highest BCUT2D eigenvalue weighted by Crippen LogP contribution is 2.29. The van der Waals surface area contributed by atoms with Crippen molar-refractivity contribution < 1.29 is 13.3 Å². The van der Waals surface area contributed by atoms with Crippen LogP contribution in [0, 0.1) is 12.8 Å². The quantitative estimate of drug-likeness (QED) is 0.565. The fourth-order valence-electron chi connectivity index (χ4n) is 3.25. The fourth-order valence-corrected chi connectivity index (χ4v) is 5.89. The van der Waals surface area contributed by atoms with Crippen LogP contribution >= 0.6 is 11.8 Å². The van der Waals surface area contributed by atoms with Gasteiger partial charge in [-0.2, -0.15) is 9.79 Å². The molecule has 1 aliphatic rings. The van der Waals surface area contributed by atoms with Gasteiger partial charge in [-0.1, -0.05) is 35.9 Å². The summed E-state index contributed by atoms with van der Waals surface area (Å²) in [5.41, 5.74) is 4.06. The Bertz CT molecular complexity index is 826. The molecule has 5 nitrogen and oxygen atoms in total. The zero-order valence-electron chi connectivity index (χ0n) is 15.7. The van der Waals surface area contributed by atoms with Crippen LogP contribution < -0.4 is 5.48 Å². The van der Waals surface area contributed by atoms with Gasteiger partial charge in [0.15, 0.2) is 0 Å². The summed E-state index contributed by atoms with van der Waals surface area (Å²) in [5.74, 6) is 1.25. The minimum atomic E-state index is -3.49. The molecule has 2 aromatic carbocycles. The van der Waals surface area contributed by atoms with E-state index in [9.17, 15) is 8.42 Å². The third kappa shape index (κ3) is 5.12. The zero-order chi connectivity index (χ0) is 19.3. The van der Waals surface area contributed by atoms with E-state index < -0.39 is 10.0 Å². The first-order valence-corrected chi connectivity index (χ1v) is 11.5. The summed E-state index contributed by atoms with van der Waals surface area (Å²) in [4.78, 5) is 6.74. The van der Waals surface area contributed by atoms with Crippen LogP contribution in [0.5, 0.6) is 0 Å². The second kappa shape index (κ2) is 9.21. The molecule has 1 heterocycles. The lowest BCUT2D eigenvalue weighted by molar-refractivity contribution is 0.0255.